The number of amides is 1. The van der Waals surface area contributed by atoms with Gasteiger partial charge in [-0.15, -0.1) is 0 Å². The zero-order valence-corrected chi connectivity index (χ0v) is 12.2. The third kappa shape index (κ3) is 5.83. The lowest BCUT2D eigenvalue weighted by atomic mass is 10.3. The molecule has 1 aromatic rings. The number of hydrogen-bond acceptors (Lipinski definition) is 4. The van der Waals surface area contributed by atoms with E-state index in [0.717, 1.165) is 6.07 Å². The van der Waals surface area contributed by atoms with E-state index in [4.69, 9.17) is 16.3 Å². The summed E-state index contributed by atoms with van der Waals surface area (Å²) in [7, 11) is 3.16. The van der Waals surface area contributed by atoms with Crippen LogP contribution < -0.4 is 5.32 Å². The fourth-order valence-electron chi connectivity index (χ4n) is 1.70. The Balaban J connectivity index is 2.46. The van der Waals surface area contributed by atoms with Gasteiger partial charge in [0.25, 0.3) is 0 Å². The summed E-state index contributed by atoms with van der Waals surface area (Å²) in [5, 5.41) is 12.2. The molecule has 0 heterocycles. The molecular weight excluding hydrogens is 287 g/mol. The Morgan fingerprint density at radius 2 is 2.30 bits per heavy atom. The second-order valence-corrected chi connectivity index (χ2v) is 4.91. The molecule has 1 unspecified atom stereocenters. The summed E-state index contributed by atoms with van der Waals surface area (Å²) in [4.78, 5) is 13.4. The first-order valence-corrected chi connectivity index (χ1v) is 6.40. The van der Waals surface area contributed by atoms with Crippen molar-refractivity contribution in [3.05, 3.63) is 29.0 Å². The maximum absolute atomic E-state index is 13.5. The van der Waals surface area contributed by atoms with E-state index < -0.39 is 11.9 Å². The molecule has 1 amide bonds. The van der Waals surface area contributed by atoms with Crippen molar-refractivity contribution in [2.24, 2.45) is 0 Å². The number of methoxy groups -OCH3 is 1. The minimum Gasteiger partial charge on any atom is -0.389 e. The number of carbonyl (C=O) groups is 1. The highest BCUT2D eigenvalue weighted by molar-refractivity contribution is 6.30. The van der Waals surface area contributed by atoms with Crippen molar-refractivity contribution in [2.75, 3.05) is 39.2 Å². The molecule has 5 nitrogen and oxygen atoms in total. The fraction of sp³-hybridized carbons (Fsp3) is 0.462. The van der Waals surface area contributed by atoms with Gasteiger partial charge in [-0.05, 0) is 25.2 Å². The van der Waals surface area contributed by atoms with Gasteiger partial charge >= 0.3 is 0 Å². The second kappa shape index (κ2) is 8.16. The maximum Gasteiger partial charge on any atom is 0.238 e. The average Bonchev–Trinajstić information content (AvgIpc) is 2.32. The average molecular weight is 305 g/mol. The van der Waals surface area contributed by atoms with Crippen LogP contribution in [0.5, 0.6) is 0 Å². The van der Waals surface area contributed by atoms with Gasteiger partial charge in [0, 0.05) is 18.7 Å². The first-order chi connectivity index (χ1) is 9.42. The van der Waals surface area contributed by atoms with Crippen LogP contribution >= 0.6 is 11.6 Å². The van der Waals surface area contributed by atoms with Gasteiger partial charge in [-0.1, -0.05) is 11.6 Å². The summed E-state index contributed by atoms with van der Waals surface area (Å²) in [6, 6.07) is 4.02. The molecule has 0 fully saturated rings. The SMILES string of the molecule is COCC(O)CN(C)CC(=O)Nc1ccc(Cl)cc1F. The lowest BCUT2D eigenvalue weighted by Gasteiger charge is -2.19. The summed E-state index contributed by atoms with van der Waals surface area (Å²) in [5.74, 6) is -0.966. The third-order valence-electron chi connectivity index (χ3n) is 2.50. The number of carbonyl (C=O) groups excluding carboxylic acids is 1. The highest BCUT2D eigenvalue weighted by Crippen LogP contribution is 2.18. The molecular formula is C13H18ClFN2O3. The number of benzene rings is 1. The Kier molecular flexibility index (Phi) is 6.87. The van der Waals surface area contributed by atoms with E-state index in [1.54, 1.807) is 11.9 Å². The van der Waals surface area contributed by atoms with Crippen molar-refractivity contribution < 1.29 is 19.0 Å². The standard InChI is InChI=1S/C13H18ClFN2O3/c1-17(6-10(18)8-20-2)7-13(19)16-12-4-3-9(14)5-11(12)15/h3-5,10,18H,6-8H2,1-2H3,(H,16,19). The molecule has 1 atom stereocenters. The number of nitrogens with zero attached hydrogens (tertiary/aromatic N) is 1. The zero-order valence-electron chi connectivity index (χ0n) is 11.4. The minimum atomic E-state index is -0.676. The fourth-order valence-corrected chi connectivity index (χ4v) is 1.85. The minimum absolute atomic E-state index is 0.0306. The highest BCUT2D eigenvalue weighted by Gasteiger charge is 2.13. The Labute approximate surface area is 122 Å². The number of ether oxygens (including phenoxy) is 1. The molecule has 0 spiro atoms. The normalized spacial score (nSPS) is 12.5. The number of hydrogen-bond donors (Lipinski definition) is 2. The Morgan fingerprint density at radius 3 is 2.90 bits per heavy atom. The van der Waals surface area contributed by atoms with Crippen molar-refractivity contribution in [3.63, 3.8) is 0 Å². The molecule has 0 aliphatic rings. The van der Waals surface area contributed by atoms with Crippen LogP contribution in [0.2, 0.25) is 5.02 Å². The second-order valence-electron chi connectivity index (χ2n) is 4.48. The monoisotopic (exact) mass is 304 g/mol. The van der Waals surface area contributed by atoms with E-state index in [2.05, 4.69) is 5.32 Å². The van der Waals surface area contributed by atoms with E-state index in [1.807, 2.05) is 0 Å². The van der Waals surface area contributed by atoms with Crippen LogP contribution in [-0.4, -0.2) is 55.9 Å². The van der Waals surface area contributed by atoms with Crippen LogP contribution in [-0.2, 0) is 9.53 Å². The van der Waals surface area contributed by atoms with Crippen LogP contribution in [0, 0.1) is 5.82 Å². The van der Waals surface area contributed by atoms with E-state index in [0.29, 0.717) is 0 Å². The van der Waals surface area contributed by atoms with Crippen molar-refractivity contribution in [3.8, 4) is 0 Å². The molecule has 112 valence electrons. The zero-order chi connectivity index (χ0) is 15.1. The molecule has 0 radical (unpaired) electrons. The van der Waals surface area contributed by atoms with Crippen LogP contribution in [0.3, 0.4) is 0 Å². The van der Waals surface area contributed by atoms with Crippen LogP contribution in [0.4, 0.5) is 10.1 Å². The van der Waals surface area contributed by atoms with Gasteiger partial charge in [-0.3, -0.25) is 9.69 Å². The van der Waals surface area contributed by atoms with Crippen LogP contribution in [0.25, 0.3) is 0 Å². The predicted molar refractivity (Wildman–Crippen MR) is 75.4 cm³/mol. The molecule has 0 saturated heterocycles. The first-order valence-electron chi connectivity index (χ1n) is 6.02. The predicted octanol–water partition coefficient (Wildman–Crippen LogP) is 1.36. The van der Waals surface area contributed by atoms with Gasteiger partial charge in [0.05, 0.1) is 24.9 Å². The number of rotatable bonds is 7. The van der Waals surface area contributed by atoms with Crippen molar-refractivity contribution in [1.29, 1.82) is 0 Å². The Hall–Kier alpha value is -1.21. The number of halogens is 2. The molecule has 0 bridgehead atoms. The quantitative estimate of drug-likeness (QED) is 0.798. The summed E-state index contributed by atoms with van der Waals surface area (Å²) in [6.07, 6.45) is -0.676. The van der Waals surface area contributed by atoms with Gasteiger partial charge in [0.1, 0.15) is 5.82 Å². The molecule has 0 aromatic heterocycles. The van der Waals surface area contributed by atoms with Gasteiger partial charge in [-0.2, -0.15) is 0 Å². The van der Waals surface area contributed by atoms with E-state index in [-0.39, 0.29) is 36.3 Å². The number of aliphatic hydroxyl groups excluding tert-OH is 1. The van der Waals surface area contributed by atoms with Gasteiger partial charge in [0.15, 0.2) is 0 Å². The molecule has 2 N–H and O–H groups in total. The van der Waals surface area contributed by atoms with Crippen molar-refractivity contribution in [1.82, 2.24) is 4.90 Å². The summed E-state index contributed by atoms with van der Waals surface area (Å²) >= 11 is 5.62. The number of nitrogens with one attached hydrogen (secondary N) is 1. The molecule has 1 rings (SSSR count). The molecule has 0 aliphatic heterocycles. The van der Waals surface area contributed by atoms with Crippen LogP contribution in [0.1, 0.15) is 0 Å². The van der Waals surface area contributed by atoms with Crippen molar-refractivity contribution in [2.45, 2.75) is 6.10 Å². The molecule has 20 heavy (non-hydrogen) atoms. The molecule has 7 heteroatoms. The first kappa shape index (κ1) is 16.8. The highest BCUT2D eigenvalue weighted by atomic mass is 35.5. The summed E-state index contributed by atoms with van der Waals surface area (Å²) in [6.45, 7) is 0.505. The number of anilines is 1. The van der Waals surface area contributed by atoms with E-state index in [1.165, 1.54) is 19.2 Å². The molecule has 0 aliphatic carbocycles. The largest absolute Gasteiger partial charge is 0.389 e. The smallest absolute Gasteiger partial charge is 0.238 e. The number of aliphatic hydroxyl groups is 1. The van der Waals surface area contributed by atoms with E-state index in [9.17, 15) is 14.3 Å². The van der Waals surface area contributed by atoms with Gasteiger partial charge in [-0.25, -0.2) is 4.39 Å². The molecule has 0 saturated carbocycles. The summed E-state index contributed by atoms with van der Waals surface area (Å²) < 4.78 is 18.3. The van der Waals surface area contributed by atoms with Gasteiger partial charge < -0.3 is 15.2 Å². The topological polar surface area (TPSA) is 61.8 Å². The van der Waals surface area contributed by atoms with Crippen molar-refractivity contribution >= 4 is 23.2 Å². The summed E-state index contributed by atoms with van der Waals surface area (Å²) in [5.41, 5.74) is 0.0743. The Morgan fingerprint density at radius 1 is 1.60 bits per heavy atom. The Bertz CT molecular complexity index is 459. The van der Waals surface area contributed by atoms with Crippen LogP contribution in [0.15, 0.2) is 18.2 Å². The van der Waals surface area contributed by atoms with Gasteiger partial charge in [0.2, 0.25) is 5.91 Å². The number of likely N-dealkylation sites (N-methyl/N-ethyl adjacent to an activating group) is 1. The lowest BCUT2D eigenvalue weighted by Crippen LogP contribution is -2.37. The van der Waals surface area contributed by atoms with E-state index >= 15 is 0 Å². The molecule has 1 aromatic carbocycles. The third-order valence-corrected chi connectivity index (χ3v) is 2.74. The maximum atomic E-state index is 13.5. The lowest BCUT2D eigenvalue weighted by molar-refractivity contribution is -0.117.